The molecule has 0 unspecified atom stereocenters. The van der Waals surface area contributed by atoms with Crippen molar-refractivity contribution in [3.8, 4) is 11.5 Å². The van der Waals surface area contributed by atoms with Crippen molar-refractivity contribution in [1.29, 1.82) is 0 Å². The molecule has 254 valence electrons. The second-order valence-corrected chi connectivity index (χ2v) is 12.2. The Bertz CT molecular complexity index is 2200. The van der Waals surface area contributed by atoms with Gasteiger partial charge in [0.15, 0.2) is 4.80 Å². The highest BCUT2D eigenvalue weighted by atomic mass is 32.1. The number of aromatic nitrogens is 1. The maximum absolute atomic E-state index is 14.4. The quantitative estimate of drug-likeness (QED) is 0.146. The number of hydrogen-bond acceptors (Lipinski definition) is 9. The topological polar surface area (TPSA) is 105 Å². The molecule has 1 atom stereocenters. The van der Waals surface area contributed by atoms with Crippen molar-refractivity contribution in [2.75, 3.05) is 19.8 Å². The summed E-state index contributed by atoms with van der Waals surface area (Å²) < 4.78 is 24.5. The molecule has 0 aliphatic carbocycles. The van der Waals surface area contributed by atoms with Gasteiger partial charge in [-0.3, -0.25) is 9.36 Å². The van der Waals surface area contributed by atoms with E-state index in [4.69, 9.17) is 23.9 Å². The van der Waals surface area contributed by atoms with Gasteiger partial charge in [-0.25, -0.2) is 14.6 Å². The minimum Gasteiger partial charge on any atom is -0.494 e. The Hall–Kier alpha value is -5.74. The number of rotatable bonds is 12. The lowest BCUT2D eigenvalue weighted by atomic mass is 9.93. The van der Waals surface area contributed by atoms with Crippen LogP contribution in [0.3, 0.4) is 0 Å². The van der Waals surface area contributed by atoms with E-state index < -0.39 is 12.0 Å². The molecule has 6 rings (SSSR count). The van der Waals surface area contributed by atoms with E-state index in [1.807, 2.05) is 97.9 Å². The highest BCUT2D eigenvalue weighted by molar-refractivity contribution is 7.07. The summed E-state index contributed by atoms with van der Waals surface area (Å²) in [6.45, 7) is 6.65. The van der Waals surface area contributed by atoms with Crippen LogP contribution in [0.1, 0.15) is 59.4 Å². The lowest BCUT2D eigenvalue weighted by Gasteiger charge is -2.26. The van der Waals surface area contributed by atoms with Crippen LogP contribution < -0.4 is 24.4 Å². The molecule has 4 aromatic carbocycles. The molecule has 0 spiro atoms. The second-order valence-electron chi connectivity index (χ2n) is 11.2. The monoisotopic (exact) mass is 688 g/mol. The Kier molecular flexibility index (Phi) is 10.7. The van der Waals surface area contributed by atoms with Crippen LogP contribution in [0.4, 0.5) is 0 Å². The molecular formula is C40H36N2O7S. The average molecular weight is 689 g/mol. The molecule has 0 fully saturated rings. The largest absolute Gasteiger partial charge is 0.494 e. The summed E-state index contributed by atoms with van der Waals surface area (Å²) >= 11 is 1.24. The van der Waals surface area contributed by atoms with Crippen molar-refractivity contribution in [2.24, 2.45) is 4.99 Å². The van der Waals surface area contributed by atoms with Gasteiger partial charge < -0.3 is 18.9 Å². The molecule has 0 radical (unpaired) electrons. The molecule has 0 bridgehead atoms. The molecule has 1 aliphatic rings. The Morgan fingerprint density at radius 3 is 2.16 bits per heavy atom. The highest BCUT2D eigenvalue weighted by Crippen LogP contribution is 2.35. The number of benzene rings is 4. The molecular weight excluding hydrogens is 653 g/mol. The number of hydrogen-bond donors (Lipinski definition) is 0. The molecule has 10 heteroatoms. The fraction of sp³-hybridized carbons (Fsp3) is 0.200. The number of para-hydroxylation sites is 1. The van der Waals surface area contributed by atoms with Crippen molar-refractivity contribution in [3.05, 3.63) is 156 Å². The van der Waals surface area contributed by atoms with E-state index in [1.165, 1.54) is 11.3 Å². The molecule has 1 aromatic heterocycles. The van der Waals surface area contributed by atoms with Gasteiger partial charge in [-0.2, -0.15) is 0 Å². The average Bonchev–Trinajstić information content (AvgIpc) is 3.45. The Labute approximate surface area is 293 Å². The van der Waals surface area contributed by atoms with E-state index in [0.717, 1.165) is 11.1 Å². The van der Waals surface area contributed by atoms with Gasteiger partial charge in [0, 0.05) is 11.1 Å². The maximum Gasteiger partial charge on any atom is 0.338 e. The summed E-state index contributed by atoms with van der Waals surface area (Å²) in [4.78, 5) is 45.5. The van der Waals surface area contributed by atoms with Gasteiger partial charge in [0.1, 0.15) is 18.1 Å². The fourth-order valence-electron chi connectivity index (χ4n) is 5.65. The maximum atomic E-state index is 14.4. The van der Waals surface area contributed by atoms with Crippen molar-refractivity contribution in [3.63, 3.8) is 0 Å². The number of nitrogens with zero attached hydrogens (tertiary/aromatic N) is 2. The van der Waals surface area contributed by atoms with Crippen LogP contribution in [0.15, 0.2) is 118 Å². The van der Waals surface area contributed by atoms with Gasteiger partial charge in [0.2, 0.25) is 0 Å². The van der Waals surface area contributed by atoms with Gasteiger partial charge in [0.05, 0.1) is 47.2 Å². The van der Waals surface area contributed by atoms with Crippen LogP contribution in [-0.2, 0) is 20.9 Å². The third kappa shape index (κ3) is 7.30. The normalized spacial score (nSPS) is 14.1. The Balaban J connectivity index is 1.43. The first-order valence-corrected chi connectivity index (χ1v) is 17.2. The fourth-order valence-corrected chi connectivity index (χ4v) is 6.65. The van der Waals surface area contributed by atoms with E-state index in [0.29, 0.717) is 56.4 Å². The van der Waals surface area contributed by atoms with E-state index in [-0.39, 0.29) is 30.3 Å². The molecule has 2 heterocycles. The smallest absolute Gasteiger partial charge is 0.338 e. The van der Waals surface area contributed by atoms with Crippen molar-refractivity contribution >= 4 is 35.0 Å². The predicted molar refractivity (Wildman–Crippen MR) is 192 cm³/mol. The lowest BCUT2D eigenvalue weighted by molar-refractivity contribution is -0.138. The summed E-state index contributed by atoms with van der Waals surface area (Å²) in [7, 11) is 0. The van der Waals surface area contributed by atoms with Gasteiger partial charge >= 0.3 is 11.9 Å². The van der Waals surface area contributed by atoms with Crippen LogP contribution in [0.25, 0.3) is 11.8 Å². The molecule has 0 saturated heterocycles. The first kappa shape index (κ1) is 34.1. The SMILES string of the molecule is CCOC(=O)C1=C(c2ccccc2)N=c2s/c(=C\c3ccccc3OCc3ccc(C(=O)OCC)cc3)c(=O)n2[C@H]1c1ccc(OCC)cc1. The lowest BCUT2D eigenvalue weighted by Crippen LogP contribution is -2.40. The number of fused-ring (bicyclic) bond motifs is 1. The van der Waals surface area contributed by atoms with Crippen molar-refractivity contribution in [1.82, 2.24) is 4.57 Å². The van der Waals surface area contributed by atoms with Crippen LogP contribution in [0.5, 0.6) is 11.5 Å². The van der Waals surface area contributed by atoms with E-state index >= 15 is 0 Å². The molecule has 0 amide bonds. The van der Waals surface area contributed by atoms with Crippen molar-refractivity contribution in [2.45, 2.75) is 33.4 Å². The zero-order chi connectivity index (χ0) is 35.0. The van der Waals surface area contributed by atoms with E-state index in [2.05, 4.69) is 0 Å². The summed E-state index contributed by atoms with van der Waals surface area (Å²) in [5, 5.41) is 0. The van der Waals surface area contributed by atoms with Crippen LogP contribution in [0, 0.1) is 0 Å². The minimum atomic E-state index is -0.803. The molecule has 5 aromatic rings. The van der Waals surface area contributed by atoms with Gasteiger partial charge in [-0.1, -0.05) is 84.1 Å². The summed E-state index contributed by atoms with van der Waals surface area (Å²) in [6, 6.07) is 30.5. The molecule has 50 heavy (non-hydrogen) atoms. The molecule has 1 aliphatic heterocycles. The number of ether oxygens (including phenoxy) is 4. The molecule has 9 nitrogen and oxygen atoms in total. The summed E-state index contributed by atoms with van der Waals surface area (Å²) in [5.41, 5.74) is 3.91. The van der Waals surface area contributed by atoms with E-state index in [9.17, 15) is 14.4 Å². The van der Waals surface area contributed by atoms with Crippen molar-refractivity contribution < 1.29 is 28.5 Å². The zero-order valence-electron chi connectivity index (χ0n) is 28.0. The van der Waals surface area contributed by atoms with Gasteiger partial charge in [-0.15, -0.1) is 0 Å². The Morgan fingerprint density at radius 2 is 1.46 bits per heavy atom. The number of carbonyl (C=O) groups is 2. The number of esters is 2. The Morgan fingerprint density at radius 1 is 0.780 bits per heavy atom. The van der Waals surface area contributed by atoms with Crippen LogP contribution in [-0.4, -0.2) is 36.3 Å². The summed E-state index contributed by atoms with van der Waals surface area (Å²) in [6.07, 6.45) is 1.79. The predicted octanol–water partition coefficient (Wildman–Crippen LogP) is 6.09. The third-order valence-electron chi connectivity index (χ3n) is 7.95. The number of carbonyl (C=O) groups excluding carboxylic acids is 2. The van der Waals surface area contributed by atoms with E-state index in [1.54, 1.807) is 36.6 Å². The second kappa shape index (κ2) is 15.7. The highest BCUT2D eigenvalue weighted by Gasteiger charge is 2.35. The third-order valence-corrected chi connectivity index (χ3v) is 8.93. The van der Waals surface area contributed by atoms with Crippen LogP contribution in [0.2, 0.25) is 0 Å². The summed E-state index contributed by atoms with van der Waals surface area (Å²) in [5.74, 6) is 0.340. The zero-order valence-corrected chi connectivity index (χ0v) is 28.8. The van der Waals surface area contributed by atoms with Gasteiger partial charge in [-0.05, 0) is 68.3 Å². The number of thiazole rings is 1. The standard InChI is InChI=1S/C40H36N2O7S/c1-4-46-31-22-20-28(21-23-31)36-34(39(45)48-6-3)35(27-12-8-7-9-13-27)41-40-42(36)37(43)33(50-40)24-30-14-10-11-15-32(30)49-25-26-16-18-29(19-17-26)38(44)47-5-2/h7-24,36H,4-6,25H2,1-3H3/b33-24-/t36-/m0/s1. The van der Waals surface area contributed by atoms with Crippen LogP contribution >= 0.6 is 11.3 Å². The molecule has 0 N–H and O–H groups in total. The molecule has 0 saturated carbocycles. The first-order valence-electron chi connectivity index (χ1n) is 16.4. The first-order chi connectivity index (χ1) is 24.4. The van der Waals surface area contributed by atoms with Gasteiger partial charge in [0.25, 0.3) is 5.56 Å². The minimum absolute atomic E-state index is 0.164.